The Morgan fingerprint density at radius 1 is 1.42 bits per heavy atom. The normalized spacial score (nSPS) is 28.8. The van der Waals surface area contributed by atoms with Crippen molar-refractivity contribution in [2.75, 3.05) is 7.05 Å². The van der Waals surface area contributed by atoms with E-state index < -0.39 is 0 Å². The van der Waals surface area contributed by atoms with Crippen molar-refractivity contribution in [2.24, 2.45) is 0 Å². The third kappa shape index (κ3) is 2.99. The van der Waals surface area contributed by atoms with Crippen LogP contribution in [0, 0.1) is 0 Å². The van der Waals surface area contributed by atoms with Crippen LogP contribution in [0.4, 0.5) is 0 Å². The molecule has 1 amide bonds. The van der Waals surface area contributed by atoms with Crippen molar-refractivity contribution in [3.05, 3.63) is 20.8 Å². The van der Waals surface area contributed by atoms with E-state index in [1.165, 1.54) is 24.2 Å². The van der Waals surface area contributed by atoms with Gasteiger partial charge in [0.1, 0.15) is 4.88 Å². The van der Waals surface area contributed by atoms with Crippen LogP contribution in [-0.2, 0) is 0 Å². The minimum atomic E-state index is 0. The first-order valence-electron chi connectivity index (χ1n) is 6.41. The zero-order chi connectivity index (χ0) is 12.7. The maximum Gasteiger partial charge on any atom is 0.265 e. The van der Waals surface area contributed by atoms with Gasteiger partial charge in [-0.15, -0.1) is 23.7 Å². The first-order valence-corrected chi connectivity index (χ1v) is 8.08. The first-order chi connectivity index (χ1) is 8.65. The molecule has 2 atom stereocenters. The van der Waals surface area contributed by atoms with E-state index >= 15 is 0 Å². The summed E-state index contributed by atoms with van der Waals surface area (Å²) in [4.78, 5) is 15.2. The summed E-state index contributed by atoms with van der Waals surface area (Å²) in [6.45, 7) is 0. The Morgan fingerprint density at radius 3 is 2.58 bits per heavy atom. The lowest BCUT2D eigenvalue weighted by atomic mass is 9.98. The second-order valence-corrected chi connectivity index (χ2v) is 7.05. The summed E-state index contributed by atoms with van der Waals surface area (Å²) in [5, 5.41) is 5.57. The number of rotatable bonds is 2. The molecule has 3 rings (SSSR count). The van der Waals surface area contributed by atoms with Gasteiger partial charge in [-0.2, -0.15) is 0 Å². The fourth-order valence-electron chi connectivity index (χ4n) is 3.12. The van der Waals surface area contributed by atoms with E-state index in [4.69, 9.17) is 0 Å². The monoisotopic (exact) mass is 364 g/mol. The number of carbonyl (C=O) groups is 1. The quantitative estimate of drug-likeness (QED) is 0.872. The van der Waals surface area contributed by atoms with Gasteiger partial charge in [0.05, 0.1) is 0 Å². The van der Waals surface area contributed by atoms with Gasteiger partial charge in [-0.1, -0.05) is 0 Å². The van der Waals surface area contributed by atoms with Crippen LogP contribution in [0.2, 0.25) is 0 Å². The summed E-state index contributed by atoms with van der Waals surface area (Å²) in [7, 11) is 1.95. The van der Waals surface area contributed by atoms with Crippen molar-refractivity contribution in [3.8, 4) is 0 Å². The Kier molecular flexibility index (Phi) is 4.93. The molecule has 2 aliphatic rings. The maximum atomic E-state index is 12.4. The molecule has 2 unspecified atom stereocenters. The number of hydrogen-bond donors (Lipinski definition) is 1. The van der Waals surface area contributed by atoms with E-state index in [9.17, 15) is 4.79 Å². The van der Waals surface area contributed by atoms with Gasteiger partial charge < -0.3 is 10.2 Å². The lowest BCUT2D eigenvalue weighted by Gasteiger charge is -2.35. The number of piperidine rings is 1. The predicted molar refractivity (Wildman–Crippen MR) is 84.3 cm³/mol. The predicted octanol–water partition coefficient (Wildman–Crippen LogP) is 3.29. The van der Waals surface area contributed by atoms with Crippen molar-refractivity contribution in [1.29, 1.82) is 0 Å². The second-order valence-electron chi connectivity index (χ2n) is 5.28. The number of nitrogens with zero attached hydrogens (tertiary/aromatic N) is 1. The van der Waals surface area contributed by atoms with Crippen LogP contribution in [0.1, 0.15) is 35.4 Å². The van der Waals surface area contributed by atoms with E-state index in [-0.39, 0.29) is 18.3 Å². The number of hydrogen-bond acceptors (Lipinski definition) is 3. The summed E-state index contributed by atoms with van der Waals surface area (Å²) in [6.07, 6.45) is 4.74. The van der Waals surface area contributed by atoms with Crippen LogP contribution in [0.5, 0.6) is 0 Å². The van der Waals surface area contributed by atoms with Crippen molar-refractivity contribution in [2.45, 2.75) is 43.8 Å². The Bertz CT molecular complexity index is 455. The Balaban J connectivity index is 0.00000133. The molecule has 0 aromatic carbocycles. The Morgan fingerprint density at radius 2 is 2.05 bits per heavy atom. The Hall–Kier alpha value is -0.100. The summed E-state index contributed by atoms with van der Waals surface area (Å²) in [6, 6.07) is 3.58. The number of fused-ring (bicyclic) bond motifs is 2. The molecule has 2 saturated heterocycles. The molecule has 3 heterocycles. The van der Waals surface area contributed by atoms with Crippen LogP contribution in [0.3, 0.4) is 0 Å². The number of amides is 1. The van der Waals surface area contributed by atoms with Crippen molar-refractivity contribution < 1.29 is 4.79 Å². The van der Waals surface area contributed by atoms with Crippen molar-refractivity contribution in [3.63, 3.8) is 0 Å². The molecule has 0 radical (unpaired) electrons. The number of halogens is 2. The highest BCUT2D eigenvalue weighted by Gasteiger charge is 2.36. The van der Waals surface area contributed by atoms with Crippen LogP contribution in [0.25, 0.3) is 0 Å². The van der Waals surface area contributed by atoms with Crippen LogP contribution < -0.4 is 5.32 Å². The minimum Gasteiger partial charge on any atom is -0.338 e. The van der Waals surface area contributed by atoms with E-state index in [1.54, 1.807) is 0 Å². The van der Waals surface area contributed by atoms with Gasteiger partial charge in [0.2, 0.25) is 0 Å². The molecular weight excluding hydrogens is 348 g/mol. The molecule has 2 fully saturated rings. The highest BCUT2D eigenvalue weighted by Crippen LogP contribution is 2.31. The standard InChI is InChI=1S/C13H17BrN2OS.ClH/c1-16(13(17)12-11(14)4-5-18-12)10-6-8-2-3-9(7-10)15-8;/h4-5,8-10,15H,2-3,6-7H2,1H3;1H. The number of thiophene rings is 1. The fourth-order valence-corrected chi connectivity index (χ4v) is 4.64. The van der Waals surface area contributed by atoms with Gasteiger partial charge in [0, 0.05) is 29.6 Å². The molecule has 1 aromatic rings. The maximum absolute atomic E-state index is 12.4. The SMILES string of the molecule is CN(C(=O)c1sccc1Br)C1CC2CCC(C1)N2.Cl. The number of nitrogens with one attached hydrogen (secondary N) is 1. The first kappa shape index (κ1) is 15.3. The highest BCUT2D eigenvalue weighted by atomic mass is 79.9. The molecule has 106 valence electrons. The lowest BCUT2D eigenvalue weighted by Crippen LogP contribution is -2.48. The highest BCUT2D eigenvalue weighted by molar-refractivity contribution is 9.10. The molecule has 6 heteroatoms. The fraction of sp³-hybridized carbons (Fsp3) is 0.615. The van der Waals surface area contributed by atoms with Gasteiger partial charge in [-0.25, -0.2) is 0 Å². The Labute approximate surface area is 132 Å². The molecule has 19 heavy (non-hydrogen) atoms. The molecule has 0 saturated carbocycles. The van der Waals surface area contributed by atoms with Crippen molar-refractivity contribution >= 4 is 45.6 Å². The van der Waals surface area contributed by atoms with E-state index in [0.29, 0.717) is 18.1 Å². The van der Waals surface area contributed by atoms with Crippen LogP contribution >= 0.6 is 39.7 Å². The van der Waals surface area contributed by atoms with E-state index in [2.05, 4.69) is 21.2 Å². The molecule has 0 spiro atoms. The van der Waals surface area contributed by atoms with Crippen LogP contribution in [0.15, 0.2) is 15.9 Å². The smallest absolute Gasteiger partial charge is 0.265 e. The summed E-state index contributed by atoms with van der Waals surface area (Å²) in [5.41, 5.74) is 0. The second kappa shape index (κ2) is 6.12. The van der Waals surface area contributed by atoms with Crippen LogP contribution in [-0.4, -0.2) is 36.0 Å². The average Bonchev–Trinajstić information content (AvgIpc) is 2.93. The molecular formula is C13H18BrClN2OS. The zero-order valence-electron chi connectivity index (χ0n) is 10.8. The summed E-state index contributed by atoms with van der Waals surface area (Å²) < 4.78 is 0.918. The summed E-state index contributed by atoms with van der Waals surface area (Å²) >= 11 is 4.96. The van der Waals surface area contributed by atoms with Crippen molar-refractivity contribution in [1.82, 2.24) is 10.2 Å². The molecule has 1 N–H and O–H groups in total. The van der Waals surface area contributed by atoms with Gasteiger partial charge >= 0.3 is 0 Å². The molecule has 3 nitrogen and oxygen atoms in total. The summed E-state index contributed by atoms with van der Waals surface area (Å²) in [5.74, 6) is 0.156. The third-order valence-corrected chi connectivity index (χ3v) is 5.95. The zero-order valence-corrected chi connectivity index (χ0v) is 14.0. The molecule has 0 aliphatic carbocycles. The van der Waals surface area contributed by atoms with Gasteiger partial charge in [0.25, 0.3) is 5.91 Å². The van der Waals surface area contributed by atoms with Gasteiger partial charge in [-0.05, 0) is 53.1 Å². The lowest BCUT2D eigenvalue weighted by molar-refractivity contribution is 0.0686. The molecule has 2 aliphatic heterocycles. The minimum absolute atomic E-state index is 0. The van der Waals surface area contributed by atoms with E-state index in [0.717, 1.165) is 22.2 Å². The topological polar surface area (TPSA) is 32.3 Å². The average molecular weight is 366 g/mol. The van der Waals surface area contributed by atoms with E-state index in [1.807, 2.05) is 23.4 Å². The third-order valence-electron chi connectivity index (χ3n) is 4.13. The molecule has 1 aromatic heterocycles. The van der Waals surface area contributed by atoms with Gasteiger partial charge in [0.15, 0.2) is 0 Å². The van der Waals surface area contributed by atoms with Gasteiger partial charge in [-0.3, -0.25) is 4.79 Å². The largest absolute Gasteiger partial charge is 0.338 e. The molecule has 2 bridgehead atoms. The number of carbonyl (C=O) groups excluding carboxylic acids is 1.